The highest BCUT2D eigenvalue weighted by molar-refractivity contribution is 6.32. The topological polar surface area (TPSA) is 126 Å². The van der Waals surface area contributed by atoms with Gasteiger partial charge in [-0.25, -0.2) is 15.0 Å². The van der Waals surface area contributed by atoms with Crippen LogP contribution in [0.5, 0.6) is 11.5 Å². The van der Waals surface area contributed by atoms with Gasteiger partial charge in [0.25, 0.3) is 0 Å². The number of aromatic nitrogens is 6. The van der Waals surface area contributed by atoms with Gasteiger partial charge < -0.3 is 24.5 Å². The molecule has 0 unspecified atom stereocenters. The van der Waals surface area contributed by atoms with Crippen LogP contribution >= 0.6 is 11.6 Å². The molecule has 6 rings (SSSR count). The number of nitrogens with one attached hydrogen (secondary N) is 3. The van der Waals surface area contributed by atoms with Crippen LogP contribution in [0.25, 0.3) is 33.9 Å². The highest BCUT2D eigenvalue weighted by Crippen LogP contribution is 2.34. The van der Waals surface area contributed by atoms with Gasteiger partial charge in [0.2, 0.25) is 0 Å². The lowest BCUT2D eigenvalue weighted by Gasteiger charge is -2.26. The number of rotatable bonds is 8. The Morgan fingerprint density at radius 3 is 2.69 bits per heavy atom. The lowest BCUT2D eigenvalue weighted by atomic mass is 10.2. The van der Waals surface area contributed by atoms with Gasteiger partial charge in [0.05, 0.1) is 55.4 Å². The molecule has 1 aliphatic rings. The van der Waals surface area contributed by atoms with Crippen molar-refractivity contribution in [3.05, 3.63) is 59.4 Å². The van der Waals surface area contributed by atoms with E-state index < -0.39 is 0 Å². The zero-order chi connectivity index (χ0) is 26.8. The van der Waals surface area contributed by atoms with Crippen LogP contribution in [0.3, 0.4) is 0 Å². The minimum Gasteiger partial charge on any atom is -0.495 e. The summed E-state index contributed by atoms with van der Waals surface area (Å²) >= 11 is 6.32. The van der Waals surface area contributed by atoms with Crippen molar-refractivity contribution < 1.29 is 14.2 Å². The number of hydrogen-bond donors (Lipinski definition) is 3. The van der Waals surface area contributed by atoms with Gasteiger partial charge in [-0.3, -0.25) is 10.00 Å². The van der Waals surface area contributed by atoms with Gasteiger partial charge in [0.1, 0.15) is 5.75 Å². The number of benzene rings is 2. The van der Waals surface area contributed by atoms with E-state index in [0.717, 1.165) is 49.4 Å². The monoisotopic (exact) mass is 546 g/mol. The Morgan fingerprint density at radius 1 is 1.05 bits per heavy atom. The van der Waals surface area contributed by atoms with Crippen molar-refractivity contribution in [2.45, 2.75) is 6.54 Å². The normalized spacial score (nSPS) is 14.0. The summed E-state index contributed by atoms with van der Waals surface area (Å²) in [7, 11) is 3.14. The summed E-state index contributed by atoms with van der Waals surface area (Å²) in [6.07, 6.45) is 3.36. The molecule has 0 saturated carbocycles. The van der Waals surface area contributed by atoms with Gasteiger partial charge >= 0.3 is 0 Å². The maximum atomic E-state index is 6.32. The number of imidazole rings is 1. The van der Waals surface area contributed by atoms with Gasteiger partial charge in [-0.05, 0) is 35.9 Å². The molecule has 2 aromatic carbocycles. The Bertz CT molecular complexity index is 1610. The molecule has 39 heavy (non-hydrogen) atoms. The molecule has 1 aliphatic heterocycles. The minimum atomic E-state index is 0.471. The van der Waals surface area contributed by atoms with E-state index in [1.165, 1.54) is 5.56 Å². The Hall–Kier alpha value is -4.19. The molecule has 12 heteroatoms. The third-order valence-electron chi connectivity index (χ3n) is 6.56. The smallest absolute Gasteiger partial charge is 0.179 e. The number of anilines is 2. The summed E-state index contributed by atoms with van der Waals surface area (Å²) in [6, 6.07) is 11.7. The molecule has 0 radical (unpaired) electrons. The molecule has 11 nitrogen and oxygen atoms in total. The first-order valence-electron chi connectivity index (χ1n) is 12.5. The van der Waals surface area contributed by atoms with Crippen LogP contribution in [0.2, 0.25) is 5.02 Å². The summed E-state index contributed by atoms with van der Waals surface area (Å²) in [5.41, 5.74) is 5.06. The summed E-state index contributed by atoms with van der Waals surface area (Å²) in [6.45, 7) is 4.29. The number of methoxy groups -OCH3 is 2. The fourth-order valence-corrected chi connectivity index (χ4v) is 4.78. The third kappa shape index (κ3) is 5.24. The van der Waals surface area contributed by atoms with Crippen molar-refractivity contribution in [2.75, 3.05) is 45.8 Å². The Morgan fingerprint density at radius 2 is 1.90 bits per heavy atom. The highest BCUT2D eigenvalue weighted by Gasteiger charge is 2.18. The van der Waals surface area contributed by atoms with Crippen molar-refractivity contribution in [1.82, 2.24) is 35.0 Å². The van der Waals surface area contributed by atoms with Gasteiger partial charge in [-0.1, -0.05) is 17.7 Å². The fraction of sp³-hybridized carbons (Fsp3) is 0.259. The summed E-state index contributed by atoms with van der Waals surface area (Å²) in [5.74, 6) is 2.63. The predicted octanol–water partition coefficient (Wildman–Crippen LogP) is 4.66. The van der Waals surface area contributed by atoms with E-state index in [2.05, 4.69) is 48.6 Å². The van der Waals surface area contributed by atoms with E-state index in [1.54, 1.807) is 38.7 Å². The number of morpholine rings is 1. The first kappa shape index (κ1) is 25.1. The van der Waals surface area contributed by atoms with Crippen molar-refractivity contribution in [2.24, 2.45) is 0 Å². The molecule has 5 aromatic rings. The van der Waals surface area contributed by atoms with Crippen LogP contribution in [0, 0.1) is 0 Å². The maximum Gasteiger partial charge on any atom is 0.179 e. The number of nitrogens with zero attached hydrogens (tertiary/aromatic N) is 5. The first-order valence-corrected chi connectivity index (χ1v) is 12.8. The van der Waals surface area contributed by atoms with Crippen LogP contribution in [0.4, 0.5) is 11.5 Å². The number of halogens is 1. The van der Waals surface area contributed by atoms with Gasteiger partial charge in [0, 0.05) is 31.4 Å². The Balaban J connectivity index is 1.27. The van der Waals surface area contributed by atoms with E-state index in [4.69, 9.17) is 35.8 Å². The SMILES string of the molecule is COc1ccc(-c2ncc(OC)c(Nc3c[nH]nc3-c3nc4cc(CN5CCOCC5)ccc4[nH]3)n2)cc1Cl. The van der Waals surface area contributed by atoms with E-state index in [9.17, 15) is 0 Å². The molecule has 0 atom stereocenters. The molecule has 1 saturated heterocycles. The second-order valence-corrected chi connectivity index (χ2v) is 9.47. The van der Waals surface area contributed by atoms with Crippen LogP contribution in [0.1, 0.15) is 5.56 Å². The van der Waals surface area contributed by atoms with Crippen molar-refractivity contribution in [3.63, 3.8) is 0 Å². The number of hydrogen-bond acceptors (Lipinski definition) is 9. The van der Waals surface area contributed by atoms with Crippen molar-refractivity contribution >= 4 is 34.1 Å². The van der Waals surface area contributed by atoms with E-state index in [1.807, 2.05) is 6.07 Å². The second kappa shape index (κ2) is 10.9. The molecule has 0 bridgehead atoms. The van der Waals surface area contributed by atoms with Crippen molar-refractivity contribution in [1.29, 1.82) is 0 Å². The van der Waals surface area contributed by atoms with Crippen LogP contribution in [-0.2, 0) is 11.3 Å². The average Bonchev–Trinajstić information content (AvgIpc) is 3.60. The number of ether oxygens (including phenoxy) is 3. The lowest BCUT2D eigenvalue weighted by Crippen LogP contribution is -2.35. The molecular formula is C27H27ClN8O3. The largest absolute Gasteiger partial charge is 0.495 e. The summed E-state index contributed by atoms with van der Waals surface area (Å²) < 4.78 is 16.2. The molecule has 0 spiro atoms. The van der Waals surface area contributed by atoms with Crippen LogP contribution in [0.15, 0.2) is 48.8 Å². The van der Waals surface area contributed by atoms with Crippen molar-refractivity contribution in [3.8, 4) is 34.4 Å². The lowest BCUT2D eigenvalue weighted by molar-refractivity contribution is 0.0342. The van der Waals surface area contributed by atoms with Crippen LogP contribution in [-0.4, -0.2) is 75.6 Å². The predicted molar refractivity (Wildman–Crippen MR) is 149 cm³/mol. The van der Waals surface area contributed by atoms with E-state index in [0.29, 0.717) is 45.4 Å². The second-order valence-electron chi connectivity index (χ2n) is 9.06. The van der Waals surface area contributed by atoms with Crippen LogP contribution < -0.4 is 14.8 Å². The van der Waals surface area contributed by atoms with E-state index >= 15 is 0 Å². The average molecular weight is 547 g/mol. The molecule has 4 heterocycles. The Labute approximate surface area is 229 Å². The standard InChI is InChI=1S/C27H27ClN8O3/c1-37-22-6-4-17(12-18(22)28)25-29-14-23(38-2)26(34-25)33-21-13-30-35-24(21)27-31-19-5-3-16(11-20(19)32-27)15-36-7-9-39-10-8-36/h3-6,11-14H,7-10,15H2,1-2H3,(H,30,35)(H,31,32)(H,29,33,34). The molecule has 0 amide bonds. The highest BCUT2D eigenvalue weighted by atomic mass is 35.5. The van der Waals surface area contributed by atoms with Gasteiger partial charge in [-0.15, -0.1) is 0 Å². The maximum absolute atomic E-state index is 6.32. The fourth-order valence-electron chi connectivity index (χ4n) is 4.53. The van der Waals surface area contributed by atoms with Gasteiger partial charge in [-0.2, -0.15) is 5.10 Å². The Kier molecular flexibility index (Phi) is 7.01. The zero-order valence-corrected chi connectivity index (χ0v) is 22.2. The van der Waals surface area contributed by atoms with E-state index in [-0.39, 0.29) is 0 Å². The molecule has 3 N–H and O–H groups in total. The number of fused-ring (bicyclic) bond motifs is 1. The molecule has 1 fully saturated rings. The quantitative estimate of drug-likeness (QED) is 0.255. The molecule has 0 aliphatic carbocycles. The van der Waals surface area contributed by atoms with Gasteiger partial charge in [0.15, 0.2) is 28.9 Å². The molecule has 200 valence electrons. The molecule has 3 aromatic heterocycles. The minimum absolute atomic E-state index is 0.471. The summed E-state index contributed by atoms with van der Waals surface area (Å²) in [5, 5.41) is 11.2. The number of aromatic amines is 2. The molecular weight excluding hydrogens is 520 g/mol. The first-order chi connectivity index (χ1) is 19.1. The third-order valence-corrected chi connectivity index (χ3v) is 6.86. The zero-order valence-electron chi connectivity index (χ0n) is 21.5. The summed E-state index contributed by atoms with van der Waals surface area (Å²) in [4.78, 5) is 19.7. The number of H-pyrrole nitrogens is 2.